The fraction of sp³-hybridized carbons (Fsp3) is 0. The van der Waals surface area contributed by atoms with Crippen LogP contribution in [0.1, 0.15) is 0 Å². The molecule has 0 N–H and O–H groups in total. The first-order valence-electron chi connectivity index (χ1n) is 19.9. The number of hydrogen-bond donors (Lipinski definition) is 0. The third-order valence-electron chi connectivity index (χ3n) is 11.3. The van der Waals surface area contributed by atoms with E-state index in [1.54, 1.807) is 0 Å². The Morgan fingerprint density at radius 2 is 0.700 bits per heavy atom. The van der Waals surface area contributed by atoms with Crippen molar-refractivity contribution in [1.82, 2.24) is 15.0 Å². The summed E-state index contributed by atoms with van der Waals surface area (Å²) in [6, 6.07) is 68.4. The van der Waals surface area contributed by atoms with Gasteiger partial charge in [0.05, 0.1) is 39.7 Å². The van der Waals surface area contributed by atoms with Crippen molar-refractivity contribution >= 4 is 55.7 Å². The van der Waals surface area contributed by atoms with Crippen molar-refractivity contribution in [1.29, 1.82) is 0 Å². The highest BCUT2D eigenvalue weighted by atomic mass is 16.5. The Hall–Kier alpha value is -8.29. The van der Waals surface area contributed by atoms with E-state index >= 15 is 0 Å². The van der Waals surface area contributed by atoms with Gasteiger partial charge in [-0.15, -0.1) is 0 Å². The predicted molar refractivity (Wildman–Crippen MR) is 241 cm³/mol. The number of benzene rings is 9. The second-order valence-electron chi connectivity index (χ2n) is 14.8. The summed E-state index contributed by atoms with van der Waals surface area (Å²) in [5.74, 6) is 4.66. The van der Waals surface area contributed by atoms with E-state index in [9.17, 15) is 0 Å². The third kappa shape index (κ3) is 5.41. The van der Waals surface area contributed by atoms with Gasteiger partial charge >= 0.3 is 0 Å². The number of anilines is 6. The van der Waals surface area contributed by atoms with E-state index < -0.39 is 0 Å². The normalized spacial score (nSPS) is 12.5. The van der Waals surface area contributed by atoms with Gasteiger partial charge in [-0.1, -0.05) is 152 Å². The molecule has 0 radical (unpaired) electrons. The highest BCUT2D eigenvalue weighted by Crippen LogP contribution is 2.59. The Balaban J connectivity index is 1.23. The first-order valence-corrected chi connectivity index (χ1v) is 19.9. The van der Waals surface area contributed by atoms with Gasteiger partial charge in [0.15, 0.2) is 40.5 Å². The molecule has 0 bridgehead atoms. The molecule has 282 valence electrons. The molecule has 0 saturated heterocycles. The molecule has 9 aromatic carbocycles. The number of hydrogen-bond acceptors (Lipinski definition) is 7. The largest absolute Gasteiger partial charge is 0.453 e. The minimum Gasteiger partial charge on any atom is -0.453 e. The first-order chi connectivity index (χ1) is 29.8. The van der Waals surface area contributed by atoms with Gasteiger partial charge in [0.1, 0.15) is 0 Å². The van der Waals surface area contributed by atoms with Crippen molar-refractivity contribution in [3.63, 3.8) is 0 Å². The Bertz CT molecular complexity index is 3090. The van der Waals surface area contributed by atoms with Crippen molar-refractivity contribution in [2.24, 2.45) is 0 Å². The van der Waals surface area contributed by atoms with Crippen molar-refractivity contribution in [2.75, 3.05) is 9.80 Å². The van der Waals surface area contributed by atoms with Gasteiger partial charge in [0.25, 0.3) is 0 Å². The van der Waals surface area contributed by atoms with E-state index in [2.05, 4.69) is 125 Å². The molecule has 12 rings (SSSR count). The molecule has 60 heavy (non-hydrogen) atoms. The fourth-order valence-corrected chi connectivity index (χ4v) is 8.58. The Labute approximate surface area is 346 Å². The van der Waals surface area contributed by atoms with Crippen LogP contribution >= 0.6 is 0 Å². The maximum absolute atomic E-state index is 6.71. The minimum atomic E-state index is 0.518. The van der Waals surface area contributed by atoms with Crippen LogP contribution in [0, 0.1) is 0 Å². The lowest BCUT2D eigenvalue weighted by molar-refractivity contribution is 0.478. The lowest BCUT2D eigenvalue weighted by Crippen LogP contribution is -2.21. The summed E-state index contributed by atoms with van der Waals surface area (Å²) >= 11 is 0. The lowest BCUT2D eigenvalue weighted by Gasteiger charge is -2.38. The number of fused-ring (bicyclic) bond motifs is 8. The molecule has 7 heteroatoms. The topological polar surface area (TPSA) is 63.6 Å². The summed E-state index contributed by atoms with van der Waals surface area (Å²) in [6.45, 7) is 0. The van der Waals surface area contributed by atoms with Gasteiger partial charge in [-0.25, -0.2) is 15.0 Å². The molecule has 2 aliphatic rings. The van der Waals surface area contributed by atoms with Crippen molar-refractivity contribution in [3.05, 3.63) is 200 Å². The van der Waals surface area contributed by atoms with Crippen LogP contribution < -0.4 is 19.3 Å². The van der Waals surface area contributed by atoms with Gasteiger partial charge in [-0.2, -0.15) is 0 Å². The monoisotopic (exact) mass is 771 g/mol. The van der Waals surface area contributed by atoms with Crippen LogP contribution in [-0.2, 0) is 0 Å². The zero-order chi connectivity index (χ0) is 39.6. The van der Waals surface area contributed by atoms with Crippen molar-refractivity contribution in [2.45, 2.75) is 0 Å². The second-order valence-corrected chi connectivity index (χ2v) is 14.8. The van der Waals surface area contributed by atoms with E-state index in [-0.39, 0.29) is 0 Å². The molecule has 0 saturated carbocycles. The highest BCUT2D eigenvalue weighted by molar-refractivity contribution is 6.10. The summed E-state index contributed by atoms with van der Waals surface area (Å²) in [5, 5.41) is 4.31. The van der Waals surface area contributed by atoms with E-state index in [1.165, 1.54) is 0 Å². The highest BCUT2D eigenvalue weighted by Gasteiger charge is 2.35. The summed E-state index contributed by atoms with van der Waals surface area (Å²) < 4.78 is 13.4. The Kier molecular flexibility index (Phi) is 7.71. The summed E-state index contributed by atoms with van der Waals surface area (Å²) in [6.07, 6.45) is 0. The SMILES string of the molecule is c1ccc(-c2nc(-c3ccccc3)nc(-c3c(N4c5ccccc5Oc5ccc6ccccc6c54)cccc3N3c4ccccc4Oc4ccc5ccccc5c43)n2)cc1. The number of para-hydroxylation sites is 4. The molecule has 0 atom stereocenters. The molecule has 0 aliphatic carbocycles. The van der Waals surface area contributed by atoms with Crippen LogP contribution in [0.3, 0.4) is 0 Å². The van der Waals surface area contributed by atoms with Gasteiger partial charge in [-0.05, 0) is 59.3 Å². The van der Waals surface area contributed by atoms with Gasteiger partial charge < -0.3 is 19.3 Å². The average Bonchev–Trinajstić information content (AvgIpc) is 3.32. The van der Waals surface area contributed by atoms with E-state index in [0.717, 1.165) is 95.4 Å². The van der Waals surface area contributed by atoms with E-state index in [1.807, 2.05) is 84.9 Å². The average molecular weight is 772 g/mol. The standard InChI is InChI=1S/C53H33N5O2/c1-3-18-36(19-4-1)51-54-52(37-20-5-2-6-21-37)56-53(55-51)48-42(57-40-24-11-13-28-44(40)59-46-32-30-34-16-7-9-22-38(34)49(46)57)26-15-27-43(48)58-41-25-12-14-29-45(41)60-47-33-31-35-17-8-10-23-39(35)50(47)58/h1-33H. The molecule has 1 aromatic heterocycles. The molecule has 10 aromatic rings. The first kappa shape index (κ1) is 33.8. The Morgan fingerprint density at radius 1 is 0.300 bits per heavy atom. The zero-order valence-electron chi connectivity index (χ0n) is 32.1. The molecule has 7 nitrogen and oxygen atoms in total. The van der Waals surface area contributed by atoms with E-state index in [4.69, 9.17) is 24.4 Å². The third-order valence-corrected chi connectivity index (χ3v) is 11.3. The Morgan fingerprint density at radius 3 is 1.20 bits per heavy atom. The molecule has 0 spiro atoms. The second kappa shape index (κ2) is 13.7. The molecule has 2 aliphatic heterocycles. The van der Waals surface area contributed by atoms with Crippen molar-refractivity contribution < 1.29 is 9.47 Å². The maximum atomic E-state index is 6.71. The number of aromatic nitrogens is 3. The van der Waals surface area contributed by atoms with Crippen LogP contribution in [0.4, 0.5) is 34.1 Å². The number of ether oxygens (including phenoxy) is 2. The van der Waals surface area contributed by atoms with Crippen molar-refractivity contribution in [3.8, 4) is 57.2 Å². The molecule has 0 fully saturated rings. The molecular weight excluding hydrogens is 739 g/mol. The van der Waals surface area contributed by atoms with Gasteiger partial charge in [0.2, 0.25) is 0 Å². The number of nitrogens with zero attached hydrogens (tertiary/aromatic N) is 5. The predicted octanol–water partition coefficient (Wildman–Crippen LogP) is 14.3. The zero-order valence-corrected chi connectivity index (χ0v) is 32.1. The number of rotatable bonds is 5. The summed E-state index contributed by atoms with van der Waals surface area (Å²) in [4.78, 5) is 20.6. The molecular formula is C53H33N5O2. The smallest absolute Gasteiger partial charge is 0.168 e. The summed E-state index contributed by atoms with van der Waals surface area (Å²) in [5.41, 5.74) is 7.98. The molecule has 0 unspecified atom stereocenters. The van der Waals surface area contributed by atoms with Crippen LogP contribution in [0.5, 0.6) is 23.0 Å². The quantitative estimate of drug-likeness (QED) is 0.173. The molecule has 3 heterocycles. The van der Waals surface area contributed by atoms with Gasteiger partial charge in [0, 0.05) is 21.9 Å². The lowest BCUT2D eigenvalue weighted by atomic mass is 9.99. The molecule has 0 amide bonds. The van der Waals surface area contributed by atoms with Crippen LogP contribution in [-0.4, -0.2) is 15.0 Å². The summed E-state index contributed by atoms with van der Waals surface area (Å²) in [7, 11) is 0. The van der Waals surface area contributed by atoms with Crippen LogP contribution in [0.25, 0.3) is 55.7 Å². The van der Waals surface area contributed by atoms with E-state index in [0.29, 0.717) is 17.5 Å². The fourth-order valence-electron chi connectivity index (χ4n) is 8.58. The van der Waals surface area contributed by atoms with Gasteiger partial charge in [-0.3, -0.25) is 0 Å². The van der Waals surface area contributed by atoms with Crippen LogP contribution in [0.2, 0.25) is 0 Å². The maximum Gasteiger partial charge on any atom is 0.168 e. The minimum absolute atomic E-state index is 0.518. The van der Waals surface area contributed by atoms with Crippen LogP contribution in [0.15, 0.2) is 200 Å².